The van der Waals surface area contributed by atoms with Crippen LogP contribution in [0.2, 0.25) is 0 Å². The van der Waals surface area contributed by atoms with E-state index in [4.69, 9.17) is 59.6 Å². The van der Waals surface area contributed by atoms with Crippen molar-refractivity contribution in [2.24, 2.45) is 5.73 Å². The van der Waals surface area contributed by atoms with E-state index in [0.29, 0.717) is 132 Å². The van der Waals surface area contributed by atoms with E-state index < -0.39 is 59.7 Å². The summed E-state index contributed by atoms with van der Waals surface area (Å²) in [6.45, 7) is 5.25. The number of anilines is 3. The topological polar surface area (TPSA) is 328 Å². The number of ether oxygens (including phenoxy) is 3. The lowest BCUT2D eigenvalue weighted by atomic mass is 10.1. The van der Waals surface area contributed by atoms with Gasteiger partial charge in [-0.25, -0.2) is 51.7 Å². The van der Waals surface area contributed by atoms with Crippen LogP contribution in [0.1, 0.15) is 49.7 Å². The summed E-state index contributed by atoms with van der Waals surface area (Å²) in [6.07, 6.45) is 7.55. The van der Waals surface area contributed by atoms with Crippen LogP contribution in [0, 0.1) is 11.6 Å². The van der Waals surface area contributed by atoms with Gasteiger partial charge in [0.05, 0.1) is 30.1 Å². The molecule has 5 fully saturated rings. The number of nitrogens with one attached hydrogen (secondary N) is 2. The largest absolute Gasteiger partial charge is 0.490 e. The van der Waals surface area contributed by atoms with E-state index in [-0.39, 0.29) is 61.3 Å². The van der Waals surface area contributed by atoms with E-state index in [2.05, 4.69) is 20.7 Å². The van der Waals surface area contributed by atoms with Crippen molar-refractivity contribution in [2.45, 2.75) is 68.7 Å². The van der Waals surface area contributed by atoms with Crippen molar-refractivity contribution >= 4 is 139 Å². The minimum Gasteiger partial charge on any atom is -0.490 e. The SMILES string of the molecule is CS(=O)(=O)N1CCC(Oc2ccc(N)cc2)CC1.CS(=O)(=O)N1CCC(Oc2ccc(N3CCN(Cc4ccc(F)cc4)S3(=O)=O)cc2)CC1.CS(=O)(=O)N1CCC(Oc2ccc(N3CCNS3(=O)=O)cc2)CC1.Cl.Fc1ccc(CBr)cc1.NCCCl.O=S(=O)(Cl)NCCCl. The molecule has 0 radical (unpaired) electrons. The highest BCUT2D eigenvalue weighted by Gasteiger charge is 2.37. The molecule has 5 saturated heterocycles. The Morgan fingerprint density at radius 1 is 0.542 bits per heavy atom. The Labute approximate surface area is 593 Å². The minimum atomic E-state index is -3.68. The molecule has 5 aromatic carbocycles. The Balaban J connectivity index is 0.000000271. The molecule has 5 aliphatic heterocycles. The number of alkyl halides is 3. The summed E-state index contributed by atoms with van der Waals surface area (Å²) in [6, 6.07) is 33.3. The van der Waals surface area contributed by atoms with Crippen LogP contribution in [0.4, 0.5) is 25.8 Å². The first kappa shape index (κ1) is 84.2. The van der Waals surface area contributed by atoms with Crippen LogP contribution < -0.4 is 43.7 Å². The fraction of sp³-hybridized carbons (Fsp3) is 0.483. The second-order valence-electron chi connectivity index (χ2n) is 21.8. The number of hydrogen-bond acceptors (Lipinski definition) is 17. The predicted octanol–water partition coefficient (Wildman–Crippen LogP) is 7.04. The fourth-order valence-corrected chi connectivity index (χ4v) is 16.2. The van der Waals surface area contributed by atoms with E-state index in [0.717, 1.165) is 35.0 Å². The van der Waals surface area contributed by atoms with Gasteiger partial charge in [-0.2, -0.15) is 34.3 Å². The van der Waals surface area contributed by atoms with Gasteiger partial charge in [0.25, 0.3) is 9.24 Å². The van der Waals surface area contributed by atoms with E-state index in [1.807, 2.05) is 16.9 Å². The number of hydrogen-bond donors (Lipinski definition) is 4. The quantitative estimate of drug-likeness (QED) is 0.0388. The van der Waals surface area contributed by atoms with Crippen molar-refractivity contribution in [1.82, 2.24) is 26.7 Å². The molecule has 0 saturated carbocycles. The number of piperidine rings is 3. The molecule has 10 rings (SSSR count). The Morgan fingerprint density at radius 2 is 0.896 bits per heavy atom. The first-order valence-corrected chi connectivity index (χ1v) is 42.5. The third-order valence-corrected chi connectivity index (χ3v) is 23.8. The van der Waals surface area contributed by atoms with Crippen molar-refractivity contribution in [2.75, 3.05) is 123 Å². The Kier molecular flexibility index (Phi) is 34.9. The van der Waals surface area contributed by atoms with Gasteiger partial charge in [0, 0.05) is 119 Å². The second-order valence-corrected chi connectivity index (χ2v) is 34.9. The van der Waals surface area contributed by atoms with Crippen molar-refractivity contribution in [1.29, 1.82) is 0 Å². The van der Waals surface area contributed by atoms with Crippen LogP contribution in [-0.4, -0.2) is 195 Å². The van der Waals surface area contributed by atoms with Crippen molar-refractivity contribution in [3.8, 4) is 17.2 Å². The summed E-state index contributed by atoms with van der Waals surface area (Å²) < 4.78 is 194. The summed E-state index contributed by atoms with van der Waals surface area (Å²) in [4.78, 5) is 0. The van der Waals surface area contributed by atoms with Gasteiger partial charge in [-0.3, -0.25) is 8.61 Å². The number of nitrogen functional groups attached to an aromatic ring is 1. The monoisotopic (exact) mass is 1610 g/mol. The van der Waals surface area contributed by atoms with Crippen molar-refractivity contribution < 1.29 is 73.5 Å². The lowest BCUT2D eigenvalue weighted by Gasteiger charge is -2.30. The zero-order valence-electron chi connectivity index (χ0n) is 52.9. The Bertz CT molecular complexity index is 3860. The zero-order chi connectivity index (χ0) is 70.2. The number of sulfonamides is 3. The minimum absolute atomic E-state index is 0. The van der Waals surface area contributed by atoms with Gasteiger partial charge in [0.15, 0.2) is 0 Å². The highest BCUT2D eigenvalue weighted by Crippen LogP contribution is 2.31. The van der Waals surface area contributed by atoms with Gasteiger partial charge < -0.3 is 25.7 Å². The summed E-state index contributed by atoms with van der Waals surface area (Å²) in [5.41, 5.74) is 14.2. The third-order valence-electron chi connectivity index (χ3n) is 14.5. The highest BCUT2D eigenvalue weighted by molar-refractivity contribution is 9.08. The Morgan fingerprint density at radius 3 is 1.20 bits per heavy atom. The zero-order valence-corrected chi connectivity index (χ0v) is 62.5. The molecule has 38 heteroatoms. The van der Waals surface area contributed by atoms with Crippen LogP contribution in [0.25, 0.3) is 0 Å². The summed E-state index contributed by atoms with van der Waals surface area (Å²) in [5.74, 6) is 2.31. The molecule has 0 unspecified atom stereocenters. The molecule has 540 valence electrons. The maximum absolute atomic E-state index is 13.1. The van der Waals surface area contributed by atoms with Gasteiger partial charge in [0.1, 0.15) is 47.2 Å². The number of halogens is 7. The van der Waals surface area contributed by atoms with Gasteiger partial charge in [-0.1, -0.05) is 40.2 Å². The molecular weight excluding hydrogens is 1530 g/mol. The lowest BCUT2D eigenvalue weighted by Crippen LogP contribution is -2.41. The molecule has 0 aromatic heterocycles. The summed E-state index contributed by atoms with van der Waals surface area (Å²) >= 11 is 13.4. The van der Waals surface area contributed by atoms with Gasteiger partial charge in [0.2, 0.25) is 30.1 Å². The molecule has 5 aliphatic rings. The van der Waals surface area contributed by atoms with Crippen LogP contribution in [0.15, 0.2) is 121 Å². The van der Waals surface area contributed by atoms with Crippen LogP contribution in [-0.2, 0) is 71.6 Å². The summed E-state index contributed by atoms with van der Waals surface area (Å²) in [5, 5.41) is 0.785. The van der Waals surface area contributed by atoms with E-state index in [9.17, 15) is 59.3 Å². The third kappa shape index (κ3) is 29.2. The lowest BCUT2D eigenvalue weighted by molar-refractivity contribution is 0.135. The fourth-order valence-electron chi connectivity index (χ4n) is 9.62. The molecule has 25 nitrogen and oxygen atoms in total. The first-order valence-electron chi connectivity index (χ1n) is 29.7. The number of benzene rings is 5. The molecule has 5 aromatic rings. The highest BCUT2D eigenvalue weighted by atomic mass is 79.9. The number of nitrogens with two attached hydrogens (primary N) is 2. The van der Waals surface area contributed by atoms with Gasteiger partial charge in [-0.05, 0) is 147 Å². The molecular formula is C58H83BrCl4F2N10O15S6. The Hall–Kier alpha value is -4.18. The maximum Gasteiger partial charge on any atom is 0.304 e. The molecule has 6 N–H and O–H groups in total. The molecule has 0 aliphatic carbocycles. The summed E-state index contributed by atoms with van der Waals surface area (Å²) in [7, 11) is -15.3. The van der Waals surface area contributed by atoms with Crippen LogP contribution in [0.3, 0.4) is 0 Å². The average Bonchev–Trinajstić information content (AvgIpc) is 1.63. The van der Waals surface area contributed by atoms with E-state index >= 15 is 0 Å². The predicted molar refractivity (Wildman–Crippen MR) is 381 cm³/mol. The smallest absolute Gasteiger partial charge is 0.304 e. The first-order chi connectivity index (χ1) is 44.6. The number of nitrogens with zero attached hydrogens (tertiary/aromatic N) is 6. The molecule has 5 heterocycles. The van der Waals surface area contributed by atoms with Crippen molar-refractivity contribution in [3.63, 3.8) is 0 Å². The number of rotatable bonds is 18. The average molecular weight is 1610 g/mol. The van der Waals surface area contributed by atoms with Gasteiger partial charge >= 0.3 is 20.4 Å². The molecule has 0 atom stereocenters. The molecule has 0 spiro atoms. The van der Waals surface area contributed by atoms with Crippen LogP contribution >= 0.6 is 62.2 Å². The molecule has 96 heavy (non-hydrogen) atoms. The normalized spacial score (nSPS) is 18.2. The molecule has 0 bridgehead atoms. The second kappa shape index (κ2) is 39.7. The standard InChI is InChI=1S/C21H26FN3O5S2.C14H21N3O5S2.C12H18N2O3S.C7H6BrF.C2H5Cl2NO2S.C2H6ClN.ClH/c1-31(26,27)23-12-10-21(11-13-23)30-20-8-6-19(7-9-20)25-15-14-24(32(25,28)29)16-17-2-4-18(22)5-3-17;1-23(18,19)16-9-6-14(7-10-16)22-13-4-2-12(3-5-13)17-11-8-15-24(17,20)21;1-18(15,16)14-8-6-12(7-9-14)17-11-4-2-10(13)3-5-11;8-5-6-1-3-7(9)4-2-6;3-1-2-5-8(4,6)7;3-1-2-4;/h2-9,21H,10-16H2,1H3;2-5,14-15H,6-11H2,1H3;2-5,12H,6-9,13H2,1H3;1-4H,5H2;5H,1-2H2;1-2,4H2;1H. The van der Waals surface area contributed by atoms with E-state index in [1.54, 1.807) is 84.9 Å². The van der Waals surface area contributed by atoms with E-state index in [1.165, 1.54) is 68.9 Å². The van der Waals surface area contributed by atoms with Gasteiger partial charge in [-0.15, -0.1) is 35.6 Å². The molecule has 0 amide bonds. The van der Waals surface area contributed by atoms with Crippen molar-refractivity contribution in [3.05, 3.63) is 144 Å². The van der Waals surface area contributed by atoms with Crippen LogP contribution in [0.5, 0.6) is 17.2 Å². The maximum atomic E-state index is 13.1.